The highest BCUT2D eigenvalue weighted by molar-refractivity contribution is 5.71. The van der Waals surface area contributed by atoms with Crippen LogP contribution in [0.5, 0.6) is 0 Å². The predicted molar refractivity (Wildman–Crippen MR) is 199 cm³/mol. The van der Waals surface area contributed by atoms with E-state index in [1.165, 1.54) is 19.3 Å². The van der Waals surface area contributed by atoms with Gasteiger partial charge >= 0.3 is 11.9 Å². The van der Waals surface area contributed by atoms with Gasteiger partial charge in [0.05, 0.1) is 13.0 Å². The van der Waals surface area contributed by atoms with Crippen LogP contribution in [0.2, 0.25) is 0 Å². The molecule has 0 amide bonds. The zero-order valence-electron chi connectivity index (χ0n) is 29.5. The van der Waals surface area contributed by atoms with Crippen LogP contribution in [0.3, 0.4) is 0 Å². The molecule has 276 valence electrons. The molecule has 2 unspecified atom stereocenters. The Morgan fingerprint density at radius 3 is 1.43 bits per heavy atom. The van der Waals surface area contributed by atoms with Gasteiger partial charge in [-0.1, -0.05) is 128 Å². The number of carbonyl (C=O) groups is 2. The molecular weight excluding hydrogens is 580 g/mol. The minimum Gasteiger partial charge on any atom is -0.481 e. The summed E-state index contributed by atoms with van der Waals surface area (Å²) in [5.41, 5.74) is 16.2. The number of aliphatic carboxylic acids is 1. The highest BCUT2D eigenvalue weighted by Crippen LogP contribution is 2.21. The molecule has 0 saturated carbocycles. The molecule has 1 N–H and O–H groups in total. The van der Waals surface area contributed by atoms with Crippen LogP contribution in [0.4, 0.5) is 0 Å². The second-order valence-electron chi connectivity index (χ2n) is 13.5. The van der Waals surface area contributed by atoms with Gasteiger partial charge in [-0.15, -0.1) is 0 Å². The maximum Gasteiger partial charge on any atom is 0.306 e. The van der Waals surface area contributed by atoms with E-state index in [0.29, 0.717) is 49.2 Å². The van der Waals surface area contributed by atoms with Crippen molar-refractivity contribution in [2.75, 3.05) is 19.7 Å². The van der Waals surface area contributed by atoms with Gasteiger partial charge < -0.3 is 9.84 Å². The van der Waals surface area contributed by atoms with Gasteiger partial charge in [0.15, 0.2) is 0 Å². The van der Waals surface area contributed by atoms with Crippen LogP contribution >= 0.6 is 0 Å². The van der Waals surface area contributed by atoms with Crippen molar-refractivity contribution in [2.24, 2.45) is 57.6 Å². The topological polar surface area (TPSA) is 161 Å². The third-order valence-corrected chi connectivity index (χ3v) is 7.16. The SMILES string of the molecule is C.C.C.CC(C)CC(CN=[N+]=[N-])CC(=O)O.CC(C)C[C@H]1COC(=O)C1.CCC(CC)CC(C)C.CCC(CN=[N+]=[N-])CC(C)C. The van der Waals surface area contributed by atoms with E-state index in [9.17, 15) is 9.59 Å². The summed E-state index contributed by atoms with van der Waals surface area (Å²) < 4.78 is 4.83. The van der Waals surface area contributed by atoms with Gasteiger partial charge in [0, 0.05) is 35.3 Å². The smallest absolute Gasteiger partial charge is 0.306 e. The number of rotatable bonds is 17. The lowest BCUT2D eigenvalue weighted by atomic mass is 9.93. The van der Waals surface area contributed by atoms with E-state index >= 15 is 0 Å². The van der Waals surface area contributed by atoms with Crippen molar-refractivity contribution in [2.45, 2.75) is 156 Å². The Kier molecular flexibility index (Phi) is 45.0. The van der Waals surface area contributed by atoms with Gasteiger partial charge in [0.1, 0.15) is 0 Å². The summed E-state index contributed by atoms with van der Waals surface area (Å²) in [6, 6.07) is 0. The Bertz CT molecular complexity index is 783. The lowest BCUT2D eigenvalue weighted by Crippen LogP contribution is -2.13. The van der Waals surface area contributed by atoms with Gasteiger partial charge in [0.25, 0.3) is 0 Å². The Balaban J connectivity index is -0.000000114. The van der Waals surface area contributed by atoms with Crippen molar-refractivity contribution in [3.05, 3.63) is 20.9 Å². The Morgan fingerprint density at radius 2 is 1.15 bits per heavy atom. The molecule has 0 aromatic heterocycles. The summed E-state index contributed by atoms with van der Waals surface area (Å²) in [6.07, 6.45) is 9.01. The van der Waals surface area contributed by atoms with E-state index in [1.807, 2.05) is 13.8 Å². The number of hydrogen-bond donors (Lipinski definition) is 1. The molecule has 1 heterocycles. The maximum absolute atomic E-state index is 10.6. The Hall–Kier alpha value is -2.44. The first kappa shape index (κ1) is 55.9. The molecule has 1 rings (SSSR count). The highest BCUT2D eigenvalue weighted by Gasteiger charge is 2.23. The minimum atomic E-state index is -0.834. The molecule has 1 saturated heterocycles. The standard InChI is InChI=1S/C9H20.C8H15N3O2.C8H17N3.C8H14O2.3CH4/c1-5-9(6-2)7-8(3)4;1-6(2)3-7(4-8(12)13)5-10-11-9;1-4-8(5-7(2)3)6-10-11-9;1-6(2)3-7-4-8(9)10-5-7;;;/h8-9H,5-7H2,1-4H3;6-7H,3-5H2,1-2H3,(H,12,13);7-8H,4-6H2,1-3H3;6-7H,3-5H2,1-2H3;3*1H4/t;;;7-;;;/m...1.../s1. The number of carboxylic acids is 1. The van der Waals surface area contributed by atoms with Crippen LogP contribution in [-0.4, -0.2) is 36.7 Å². The zero-order valence-corrected chi connectivity index (χ0v) is 29.5. The molecule has 46 heavy (non-hydrogen) atoms. The van der Waals surface area contributed by atoms with Crippen LogP contribution in [0, 0.1) is 47.3 Å². The number of cyclic esters (lactones) is 1. The molecule has 10 heteroatoms. The average Bonchev–Trinajstić information content (AvgIpc) is 3.32. The molecule has 1 aliphatic heterocycles. The molecule has 0 aromatic rings. The summed E-state index contributed by atoms with van der Waals surface area (Å²) in [5, 5.41) is 15.5. The lowest BCUT2D eigenvalue weighted by Gasteiger charge is -2.13. The summed E-state index contributed by atoms with van der Waals surface area (Å²) in [5.74, 6) is 3.85. The van der Waals surface area contributed by atoms with E-state index in [2.05, 4.69) is 82.4 Å². The van der Waals surface area contributed by atoms with Gasteiger partial charge in [0.2, 0.25) is 0 Å². The number of ether oxygens (including phenoxy) is 1. The predicted octanol–water partition coefficient (Wildman–Crippen LogP) is 12.8. The van der Waals surface area contributed by atoms with Gasteiger partial charge in [-0.25, -0.2) is 0 Å². The number of carboxylic acid groups (broad SMARTS) is 1. The second kappa shape index (κ2) is 37.0. The first-order chi connectivity index (χ1) is 20.1. The van der Waals surface area contributed by atoms with Crippen LogP contribution in [0.15, 0.2) is 10.2 Å². The van der Waals surface area contributed by atoms with Gasteiger partial charge in [-0.2, -0.15) is 0 Å². The van der Waals surface area contributed by atoms with E-state index < -0.39 is 5.97 Å². The van der Waals surface area contributed by atoms with E-state index in [-0.39, 0.29) is 47.1 Å². The van der Waals surface area contributed by atoms with Crippen molar-refractivity contribution in [3.8, 4) is 0 Å². The minimum absolute atomic E-state index is 0. The number of esters is 1. The molecule has 0 radical (unpaired) electrons. The summed E-state index contributed by atoms with van der Waals surface area (Å²) in [6.45, 7) is 25.7. The van der Waals surface area contributed by atoms with E-state index in [0.717, 1.165) is 37.5 Å². The van der Waals surface area contributed by atoms with Crippen LogP contribution < -0.4 is 0 Å². The zero-order chi connectivity index (χ0) is 33.8. The largest absolute Gasteiger partial charge is 0.481 e. The molecule has 1 fully saturated rings. The summed E-state index contributed by atoms with van der Waals surface area (Å²) in [4.78, 5) is 26.4. The van der Waals surface area contributed by atoms with Crippen LogP contribution in [0.1, 0.15) is 156 Å². The highest BCUT2D eigenvalue weighted by atomic mass is 16.5. The van der Waals surface area contributed by atoms with E-state index in [4.69, 9.17) is 20.9 Å². The molecule has 3 atom stereocenters. The first-order valence-electron chi connectivity index (χ1n) is 16.5. The fraction of sp³-hybridized carbons (Fsp3) is 0.944. The second-order valence-corrected chi connectivity index (χ2v) is 13.5. The van der Waals surface area contributed by atoms with Gasteiger partial charge in [-0.3, -0.25) is 9.59 Å². The quantitative estimate of drug-likeness (QED) is 0.0712. The van der Waals surface area contributed by atoms with Crippen molar-refractivity contribution in [3.63, 3.8) is 0 Å². The first-order valence-corrected chi connectivity index (χ1v) is 16.5. The van der Waals surface area contributed by atoms with Crippen molar-refractivity contribution in [1.82, 2.24) is 0 Å². The van der Waals surface area contributed by atoms with Gasteiger partial charge in [-0.05, 0) is 78.2 Å². The molecule has 0 aliphatic carbocycles. The number of nitrogens with zero attached hydrogens (tertiary/aromatic N) is 6. The fourth-order valence-corrected chi connectivity index (χ4v) is 5.15. The molecular formula is C36H78N6O4. The molecule has 0 aromatic carbocycles. The number of hydrogen-bond acceptors (Lipinski definition) is 5. The lowest BCUT2D eigenvalue weighted by molar-refractivity contribution is -0.139. The third kappa shape index (κ3) is 41.6. The molecule has 1 aliphatic rings. The van der Waals surface area contributed by atoms with Crippen LogP contribution in [-0.2, 0) is 14.3 Å². The molecule has 0 bridgehead atoms. The van der Waals surface area contributed by atoms with Crippen LogP contribution in [0.25, 0.3) is 20.9 Å². The summed E-state index contributed by atoms with van der Waals surface area (Å²) in [7, 11) is 0. The third-order valence-electron chi connectivity index (χ3n) is 7.16. The number of carbonyl (C=O) groups excluding carboxylic acids is 1. The normalized spacial score (nSPS) is 14.3. The Labute approximate surface area is 285 Å². The maximum atomic E-state index is 10.6. The number of azide groups is 2. The van der Waals surface area contributed by atoms with E-state index in [1.54, 1.807) is 0 Å². The Morgan fingerprint density at radius 1 is 0.761 bits per heavy atom. The van der Waals surface area contributed by atoms with Crippen molar-refractivity contribution in [1.29, 1.82) is 0 Å². The fourth-order valence-electron chi connectivity index (χ4n) is 5.15. The molecule has 10 nitrogen and oxygen atoms in total. The summed E-state index contributed by atoms with van der Waals surface area (Å²) >= 11 is 0. The molecule has 0 spiro atoms. The average molecular weight is 659 g/mol. The monoisotopic (exact) mass is 659 g/mol. The van der Waals surface area contributed by atoms with Crippen molar-refractivity contribution >= 4 is 11.9 Å². The van der Waals surface area contributed by atoms with Crippen molar-refractivity contribution < 1.29 is 19.4 Å².